The Morgan fingerprint density at radius 3 is 1.28 bits per heavy atom. The van der Waals surface area contributed by atoms with E-state index in [0.29, 0.717) is 24.2 Å². The fourth-order valence-corrected chi connectivity index (χ4v) is 1.48. The number of rotatable bonds is 5. The molecule has 135 valence electrons. The summed E-state index contributed by atoms with van der Waals surface area (Å²) in [6.45, 7) is 1.19. The second-order valence-corrected chi connectivity index (χ2v) is 4.48. The summed E-state index contributed by atoms with van der Waals surface area (Å²) in [5.74, 6) is 0.316. The Morgan fingerprint density at radius 1 is 0.720 bits per heavy atom. The maximum Gasteiger partial charge on any atom is 2.00 e. The monoisotopic (exact) mass is 385 g/mol. The number of hydrogen-bond acceptors (Lipinski definition) is 6. The molecule has 0 spiro atoms. The van der Waals surface area contributed by atoms with Gasteiger partial charge in [-0.05, 0) is 23.3 Å². The Labute approximate surface area is 158 Å². The first kappa shape index (κ1) is 25.1. The van der Waals surface area contributed by atoms with Gasteiger partial charge in [0.15, 0.2) is 0 Å². The zero-order valence-electron chi connectivity index (χ0n) is 13.7. The number of hydrogen-bond donors (Lipinski definition) is 4. The van der Waals surface area contributed by atoms with E-state index in [1.54, 1.807) is 61.1 Å². The van der Waals surface area contributed by atoms with Crippen molar-refractivity contribution in [2.75, 3.05) is 13.1 Å². The Kier molecular flexibility index (Phi) is 16.7. The van der Waals surface area contributed by atoms with Crippen LogP contribution in [0.4, 0.5) is 0 Å². The number of para-hydroxylation sites is 2. The predicted molar refractivity (Wildman–Crippen MR) is 93.1 cm³/mol. The summed E-state index contributed by atoms with van der Waals surface area (Å²) in [6, 6.07) is 13.5. The van der Waals surface area contributed by atoms with Crippen molar-refractivity contribution >= 4 is 12.6 Å². The van der Waals surface area contributed by atoms with Gasteiger partial charge in [0.05, 0.1) is 0 Å². The molecule has 0 aliphatic rings. The van der Waals surface area contributed by atoms with Crippen LogP contribution in [0.1, 0.15) is 11.1 Å². The van der Waals surface area contributed by atoms with E-state index in [0.717, 1.165) is 0 Å². The molecule has 2 rings (SSSR count). The Hall–Kier alpha value is -2.18. The van der Waals surface area contributed by atoms with Crippen molar-refractivity contribution in [2.24, 2.45) is 11.5 Å². The van der Waals surface area contributed by atoms with Crippen LogP contribution in [-0.4, -0.2) is 35.9 Å². The van der Waals surface area contributed by atoms with Crippen LogP contribution in [0.2, 0.25) is 0 Å². The van der Waals surface area contributed by atoms with E-state index in [1.165, 1.54) is 0 Å². The third kappa shape index (κ3) is 11.9. The molecule has 0 aliphatic heterocycles. The van der Waals surface area contributed by atoms with Crippen molar-refractivity contribution in [1.29, 1.82) is 0 Å². The second-order valence-electron chi connectivity index (χ2n) is 4.48. The molecule has 0 saturated carbocycles. The summed E-state index contributed by atoms with van der Waals surface area (Å²) in [6.07, 6.45) is 3.75. The number of phenols is 2. The Bertz CT molecular complexity index is 556. The Morgan fingerprint density at radius 2 is 1.04 bits per heavy atom. The minimum Gasteiger partial charge on any atom is -0.541 e. The van der Waals surface area contributed by atoms with Gasteiger partial charge in [-0.3, -0.25) is 12.6 Å². The van der Waals surface area contributed by atoms with Crippen molar-refractivity contribution in [3.05, 3.63) is 59.7 Å². The molecule has 0 aromatic heterocycles. The van der Waals surface area contributed by atoms with Gasteiger partial charge < -0.3 is 31.3 Å². The molecule has 0 heterocycles. The molecule has 0 saturated heterocycles. The van der Waals surface area contributed by atoms with E-state index < -0.39 is 0 Å². The molecule has 0 bridgehead atoms. The smallest absolute Gasteiger partial charge is 0.541 e. The predicted octanol–water partition coefficient (Wildman–Crippen LogP) is 0.990. The molecule has 25 heavy (non-hydrogen) atoms. The zero-order valence-corrected chi connectivity index (χ0v) is 14.9. The molecule has 7 heteroatoms. The summed E-state index contributed by atoms with van der Waals surface area (Å²) >= 11 is 0. The number of nitrogens with two attached hydrogens (primary N) is 2. The van der Waals surface area contributed by atoms with E-state index in [9.17, 15) is 9.59 Å². The van der Waals surface area contributed by atoms with Gasteiger partial charge in [-0.1, -0.05) is 36.4 Å². The maximum absolute atomic E-state index is 9.89. The van der Waals surface area contributed by atoms with Gasteiger partial charge in [0.25, 0.3) is 0 Å². The van der Waals surface area contributed by atoms with Gasteiger partial charge in [0.1, 0.15) is 11.5 Å². The van der Waals surface area contributed by atoms with E-state index in [-0.39, 0.29) is 41.4 Å². The quantitative estimate of drug-likeness (QED) is 0.449. The van der Waals surface area contributed by atoms with Crippen molar-refractivity contribution in [1.82, 2.24) is 0 Å². The van der Waals surface area contributed by atoms with E-state index in [1.807, 2.05) is 0 Å². The van der Waals surface area contributed by atoms with Crippen LogP contribution < -0.4 is 11.5 Å². The molecule has 2 aromatic rings. The molecule has 0 atom stereocenters. The van der Waals surface area contributed by atoms with Crippen LogP contribution in [-0.2, 0) is 39.5 Å². The third-order valence-electron chi connectivity index (χ3n) is 2.68. The van der Waals surface area contributed by atoms with E-state index in [2.05, 4.69) is 0 Å². The second kappa shape index (κ2) is 16.7. The summed E-state index contributed by atoms with van der Waals surface area (Å²) in [5, 5.41) is 18.1. The first-order chi connectivity index (χ1) is 11.6. The average Bonchev–Trinajstić information content (AvgIpc) is 2.60. The van der Waals surface area contributed by atoms with E-state index in [4.69, 9.17) is 21.7 Å². The fraction of sp³-hybridized carbons (Fsp3) is 0.222. The third-order valence-corrected chi connectivity index (χ3v) is 2.68. The molecular weight excluding hydrogens is 363 g/mol. The van der Waals surface area contributed by atoms with Gasteiger partial charge in [0, 0.05) is 13.1 Å². The van der Waals surface area contributed by atoms with Crippen LogP contribution in [0.25, 0.3) is 0 Å². The maximum atomic E-state index is 9.89. The molecule has 6 N–H and O–H groups in total. The number of aromatic hydroxyl groups is 2. The van der Waals surface area contributed by atoms with Crippen molar-refractivity contribution < 1.29 is 36.9 Å². The fourth-order valence-electron chi connectivity index (χ4n) is 1.48. The summed E-state index contributed by atoms with van der Waals surface area (Å²) in [5.41, 5.74) is 11.1. The van der Waals surface area contributed by atoms with Crippen LogP contribution in [0, 0.1) is 0 Å². The molecule has 0 fully saturated rings. The molecular formula is C18H22MnN2O4. The van der Waals surface area contributed by atoms with Gasteiger partial charge in [-0.2, -0.15) is 0 Å². The number of phenolic OH excluding ortho intramolecular Hbond substituents is 2. The molecule has 1 radical (unpaired) electrons. The van der Waals surface area contributed by atoms with Gasteiger partial charge in [0.2, 0.25) is 0 Å². The number of carbonyl (C=O) groups excluding carboxylic acids is 2. The van der Waals surface area contributed by atoms with Crippen LogP contribution in [0.15, 0.2) is 48.5 Å². The Balaban J connectivity index is 0. The molecule has 6 nitrogen and oxygen atoms in total. The minimum atomic E-state index is 0. The van der Waals surface area contributed by atoms with Gasteiger partial charge >= 0.3 is 17.1 Å². The van der Waals surface area contributed by atoms with Crippen LogP contribution in [0.3, 0.4) is 0 Å². The van der Waals surface area contributed by atoms with E-state index >= 15 is 0 Å². The average molecular weight is 385 g/mol. The number of benzene rings is 2. The van der Waals surface area contributed by atoms with Crippen molar-refractivity contribution in [3.63, 3.8) is 0 Å². The molecule has 2 aromatic carbocycles. The SMILES string of the molecule is NCCN.O=[C-]Cc1ccccc1O.O=[C-]Cc1ccccc1O.[Mn+2]. The molecule has 0 amide bonds. The summed E-state index contributed by atoms with van der Waals surface area (Å²) in [4.78, 5) is 19.8. The normalized spacial score (nSPS) is 8.56. The minimum absolute atomic E-state index is 0. The molecule has 0 unspecified atom stereocenters. The van der Waals surface area contributed by atoms with Gasteiger partial charge in [-0.25, -0.2) is 0 Å². The standard InChI is InChI=1S/2C8H7O2.C2H8N2.Mn/c2*9-6-5-7-3-1-2-4-8(7)10;3-1-2-4;/h2*1-4,10H,5H2;1-4H2;/q2*-1;;+2. The topological polar surface area (TPSA) is 127 Å². The summed E-state index contributed by atoms with van der Waals surface area (Å²) in [7, 11) is 0. The first-order valence-corrected chi connectivity index (χ1v) is 7.24. The zero-order chi connectivity index (χ0) is 18.2. The first-order valence-electron chi connectivity index (χ1n) is 7.24. The molecule has 0 aliphatic carbocycles. The van der Waals surface area contributed by atoms with Crippen LogP contribution in [0.5, 0.6) is 11.5 Å². The van der Waals surface area contributed by atoms with Gasteiger partial charge in [-0.15, -0.1) is 12.8 Å². The largest absolute Gasteiger partial charge is 2.00 e. The van der Waals surface area contributed by atoms with Crippen LogP contribution >= 0.6 is 0 Å². The summed E-state index contributed by atoms with van der Waals surface area (Å²) < 4.78 is 0. The van der Waals surface area contributed by atoms with Crippen molar-refractivity contribution in [2.45, 2.75) is 12.8 Å². The van der Waals surface area contributed by atoms with Crippen molar-refractivity contribution in [3.8, 4) is 11.5 Å².